The summed E-state index contributed by atoms with van der Waals surface area (Å²) in [5.41, 5.74) is 7.12. The molecule has 6 heterocycles. The van der Waals surface area contributed by atoms with Gasteiger partial charge in [-0.1, -0.05) is 26.0 Å². The molecule has 0 saturated heterocycles. The lowest BCUT2D eigenvalue weighted by Gasteiger charge is -2.29. The van der Waals surface area contributed by atoms with Crippen LogP contribution in [0.5, 0.6) is 11.5 Å². The summed E-state index contributed by atoms with van der Waals surface area (Å²) in [5.74, 6) is -2.85. The van der Waals surface area contributed by atoms with E-state index in [-0.39, 0.29) is 115 Å². The van der Waals surface area contributed by atoms with Crippen LogP contribution in [-0.4, -0.2) is 158 Å². The number of cyclic esters (lactones) is 1. The Kier molecular flexibility index (Phi) is 21.7. The quantitative estimate of drug-likeness (QED) is 0.0182. The average Bonchev–Trinajstić information content (AvgIpc) is 2.00. The number of carbonyl (C=O) groups is 8. The van der Waals surface area contributed by atoms with E-state index in [1.165, 1.54) is 23.6 Å². The Hall–Kier alpha value is -8.34. The molecule has 4 aliphatic rings. The first kappa shape index (κ1) is 62.7. The Morgan fingerprint density at radius 2 is 1.45 bits per heavy atom. The second-order valence-corrected chi connectivity index (χ2v) is 20.8. The summed E-state index contributed by atoms with van der Waals surface area (Å²) < 4.78 is 45.5. The van der Waals surface area contributed by atoms with Crippen LogP contribution in [-0.2, 0) is 93.9 Å². The van der Waals surface area contributed by atoms with Gasteiger partial charge in [0, 0.05) is 72.9 Å². The van der Waals surface area contributed by atoms with E-state index in [4.69, 9.17) is 48.6 Å². The van der Waals surface area contributed by atoms with Crippen molar-refractivity contribution in [2.24, 2.45) is 11.7 Å². The van der Waals surface area contributed by atoms with Crippen molar-refractivity contribution in [3.05, 3.63) is 92.8 Å². The van der Waals surface area contributed by atoms with Crippen LogP contribution >= 0.6 is 0 Å². The number of aliphatic hydroxyl groups is 1. The van der Waals surface area contributed by atoms with Gasteiger partial charge in [-0.05, 0) is 74.0 Å². The van der Waals surface area contributed by atoms with Crippen molar-refractivity contribution in [1.29, 1.82) is 0 Å². The molecule has 0 radical (unpaired) electrons. The van der Waals surface area contributed by atoms with E-state index in [0.717, 1.165) is 4.90 Å². The molecule has 27 heteroatoms. The standard InChI is InChI=1S/C58H71N9O18/c1-34(2)51(65-48(69)14-18-78-20-22-80-24-25-81-23-21-79-19-16-60-47(68)13-17-66-49(70)11-12-50(66)71)54(73)64-42(6-4-5-15-59)53(72)62-36-9-7-35(8-10-36)31-83-57(76)61-29-38-37-26-45-46(85-33-84-45)28-43(37)63-52-39(38)30-67-44(52)27-41-40(55(67)74)32-82-56(75)58(41,3)77/h7-12,26-28,34,42,51,77H,4-6,13-25,29-33,59H2,1-3H3,(H,60,68)(H,61,76)(H,62,72)(H,64,73)(H,65,69)/t42-,51-,58-/m0/s1. The highest BCUT2D eigenvalue weighted by Crippen LogP contribution is 2.43. The molecule has 3 atom stereocenters. The highest BCUT2D eigenvalue weighted by atomic mass is 16.7. The van der Waals surface area contributed by atoms with Crippen molar-refractivity contribution in [2.75, 3.05) is 84.6 Å². The number of anilines is 1. The zero-order valence-corrected chi connectivity index (χ0v) is 47.6. The number of esters is 1. The SMILES string of the molecule is CC(C)[C@H](NC(=O)CCOCCOCCOCCOCCNC(=O)CCN1C(=O)C=CC1=O)C(=O)N[C@@H](CCCCN)C(=O)Nc1ccc(COC(=O)NCc2c3c(nc4cc5c(cc24)OCO5)-c2cc4c(c(=O)n2C3)COC(=O)[C@@]4(C)O)cc1. The third kappa shape index (κ3) is 16.1. The molecule has 0 saturated carbocycles. The van der Waals surface area contributed by atoms with Crippen LogP contribution in [0.2, 0.25) is 0 Å². The number of imide groups is 1. The minimum Gasteiger partial charge on any atom is -0.458 e. The number of ether oxygens (including phenoxy) is 8. The number of carbonyl (C=O) groups excluding carboxylic acids is 8. The Labute approximate surface area is 488 Å². The fourth-order valence-electron chi connectivity index (χ4n) is 9.73. The normalized spacial score (nSPS) is 16.2. The first-order chi connectivity index (χ1) is 40.9. The van der Waals surface area contributed by atoms with Crippen LogP contribution in [0, 0.1) is 5.92 Å². The molecular weight excluding hydrogens is 1110 g/mol. The molecule has 8 N–H and O–H groups in total. The molecule has 85 heavy (non-hydrogen) atoms. The van der Waals surface area contributed by atoms with Crippen molar-refractivity contribution in [3.63, 3.8) is 0 Å². The van der Waals surface area contributed by atoms with Gasteiger partial charge < -0.3 is 79.9 Å². The summed E-state index contributed by atoms with van der Waals surface area (Å²) in [6, 6.07) is 9.74. The number of rotatable bonds is 32. The number of nitrogens with two attached hydrogens (primary N) is 1. The number of nitrogens with one attached hydrogen (secondary N) is 5. The van der Waals surface area contributed by atoms with Crippen LogP contribution in [0.25, 0.3) is 22.3 Å². The second-order valence-electron chi connectivity index (χ2n) is 20.8. The van der Waals surface area contributed by atoms with Gasteiger partial charge in [0.1, 0.15) is 25.3 Å². The monoisotopic (exact) mass is 1180 g/mol. The van der Waals surface area contributed by atoms with Gasteiger partial charge in [0.15, 0.2) is 17.1 Å². The first-order valence-corrected chi connectivity index (χ1v) is 28.1. The van der Waals surface area contributed by atoms with Gasteiger partial charge in [-0.25, -0.2) is 14.6 Å². The number of amides is 7. The summed E-state index contributed by atoms with van der Waals surface area (Å²) in [4.78, 5) is 121. The fourth-order valence-corrected chi connectivity index (χ4v) is 9.73. The van der Waals surface area contributed by atoms with Crippen LogP contribution in [0.15, 0.2) is 59.4 Å². The lowest BCUT2D eigenvalue weighted by atomic mass is 9.89. The third-order valence-corrected chi connectivity index (χ3v) is 14.4. The van der Waals surface area contributed by atoms with Gasteiger partial charge in [-0.3, -0.25) is 38.5 Å². The van der Waals surface area contributed by atoms with Crippen LogP contribution < -0.4 is 47.4 Å². The molecule has 4 aliphatic heterocycles. The van der Waals surface area contributed by atoms with E-state index >= 15 is 0 Å². The molecule has 2 aromatic carbocycles. The van der Waals surface area contributed by atoms with Gasteiger partial charge in [0.2, 0.25) is 30.4 Å². The maximum Gasteiger partial charge on any atom is 0.407 e. The van der Waals surface area contributed by atoms with Gasteiger partial charge >= 0.3 is 12.1 Å². The Bertz CT molecular complexity index is 3220. The van der Waals surface area contributed by atoms with E-state index < -0.39 is 64.8 Å². The van der Waals surface area contributed by atoms with Gasteiger partial charge in [-0.2, -0.15) is 0 Å². The van der Waals surface area contributed by atoms with E-state index in [9.17, 15) is 48.3 Å². The van der Waals surface area contributed by atoms with Crippen molar-refractivity contribution in [2.45, 2.75) is 96.9 Å². The number of benzene rings is 2. The van der Waals surface area contributed by atoms with Gasteiger partial charge in [0.05, 0.1) is 81.9 Å². The molecule has 8 rings (SSSR count). The Morgan fingerprint density at radius 3 is 2.13 bits per heavy atom. The molecule has 0 bridgehead atoms. The highest BCUT2D eigenvalue weighted by molar-refractivity contribution is 6.13. The van der Waals surface area contributed by atoms with E-state index in [1.54, 1.807) is 56.3 Å². The molecule has 0 unspecified atom stereocenters. The molecule has 27 nitrogen and oxygen atoms in total. The van der Waals surface area contributed by atoms with Crippen LogP contribution in [0.3, 0.4) is 0 Å². The van der Waals surface area contributed by atoms with Crippen LogP contribution in [0.4, 0.5) is 10.5 Å². The van der Waals surface area contributed by atoms with Gasteiger partial charge in [0.25, 0.3) is 17.4 Å². The Balaban J connectivity index is 0.735. The number of hydrogen-bond donors (Lipinski definition) is 7. The highest BCUT2D eigenvalue weighted by Gasteiger charge is 2.43. The summed E-state index contributed by atoms with van der Waals surface area (Å²) in [5, 5.41) is 25.6. The van der Waals surface area contributed by atoms with Crippen molar-refractivity contribution in [3.8, 4) is 22.9 Å². The number of alkyl carbamates (subject to hydrolysis) is 1. The lowest BCUT2D eigenvalue weighted by Crippen LogP contribution is -2.54. The molecule has 4 aromatic rings. The molecule has 0 aliphatic carbocycles. The fraction of sp³-hybridized carbons (Fsp3) is 0.483. The molecule has 0 spiro atoms. The Morgan fingerprint density at radius 1 is 0.776 bits per heavy atom. The van der Waals surface area contributed by atoms with E-state index in [0.29, 0.717) is 102 Å². The molecular formula is C58H71N9O18. The molecule has 2 aromatic heterocycles. The predicted molar refractivity (Wildman–Crippen MR) is 301 cm³/mol. The maximum absolute atomic E-state index is 13.8. The number of hydrogen-bond acceptors (Lipinski definition) is 20. The zero-order valence-electron chi connectivity index (χ0n) is 47.6. The smallest absolute Gasteiger partial charge is 0.407 e. The van der Waals surface area contributed by atoms with E-state index in [1.807, 2.05) is 0 Å². The number of fused-ring (bicyclic) bond motifs is 6. The largest absolute Gasteiger partial charge is 0.458 e. The second kappa shape index (κ2) is 29.5. The molecule has 0 fully saturated rings. The van der Waals surface area contributed by atoms with Gasteiger partial charge in [-0.15, -0.1) is 0 Å². The number of pyridine rings is 2. The topological polar surface area (TPSA) is 355 Å². The minimum atomic E-state index is -2.05. The number of aromatic nitrogens is 2. The molecule has 7 amide bonds. The lowest BCUT2D eigenvalue weighted by molar-refractivity contribution is -0.169. The summed E-state index contributed by atoms with van der Waals surface area (Å²) >= 11 is 0. The number of nitrogens with zero attached hydrogens (tertiary/aromatic N) is 3. The van der Waals surface area contributed by atoms with E-state index in [2.05, 4.69) is 26.6 Å². The summed E-state index contributed by atoms with van der Waals surface area (Å²) in [7, 11) is 0. The summed E-state index contributed by atoms with van der Waals surface area (Å²) in [6.45, 7) is 7.16. The zero-order chi connectivity index (χ0) is 60.6. The first-order valence-electron chi connectivity index (χ1n) is 28.1. The average molecular weight is 1180 g/mol. The third-order valence-electron chi connectivity index (χ3n) is 14.4. The maximum atomic E-state index is 13.8. The van der Waals surface area contributed by atoms with Crippen LogP contribution in [0.1, 0.15) is 80.7 Å². The number of unbranched alkanes of at least 4 members (excludes halogenated alkanes) is 1. The van der Waals surface area contributed by atoms with Crippen molar-refractivity contribution < 1.29 is 81.4 Å². The summed E-state index contributed by atoms with van der Waals surface area (Å²) in [6.07, 6.45) is 3.00. The predicted octanol–water partition coefficient (Wildman–Crippen LogP) is 1.43. The van der Waals surface area contributed by atoms with Crippen molar-refractivity contribution >= 4 is 64.1 Å². The molecule has 456 valence electrons. The minimum absolute atomic E-state index is 0.00162. The van der Waals surface area contributed by atoms with Crippen molar-refractivity contribution in [1.82, 2.24) is 35.7 Å².